The molecule has 0 unspecified atom stereocenters. The van der Waals surface area contributed by atoms with Gasteiger partial charge in [0.15, 0.2) is 18.1 Å². The Bertz CT molecular complexity index is 1250. The molecular formula is C25H18Br2O5. The van der Waals surface area contributed by atoms with Gasteiger partial charge in [-0.1, -0.05) is 44.0 Å². The van der Waals surface area contributed by atoms with Crippen molar-refractivity contribution in [1.82, 2.24) is 0 Å². The molecule has 1 aliphatic heterocycles. The summed E-state index contributed by atoms with van der Waals surface area (Å²) in [5.41, 5.74) is 2.47. The van der Waals surface area contributed by atoms with Crippen LogP contribution in [-0.2, 0) is 0 Å². The minimum absolute atomic E-state index is 0.119. The Balaban J connectivity index is 1.55. The van der Waals surface area contributed by atoms with Gasteiger partial charge in [0, 0.05) is 26.1 Å². The number of fused-ring (bicyclic) bond motifs is 1. The van der Waals surface area contributed by atoms with Crippen molar-refractivity contribution in [2.45, 2.75) is 6.92 Å². The molecule has 3 aromatic rings. The molecule has 0 saturated carbocycles. The molecule has 0 bridgehead atoms. The molecule has 5 nitrogen and oxygen atoms in total. The maximum atomic E-state index is 13.0. The Kier molecular flexibility index (Phi) is 6.48. The highest BCUT2D eigenvalue weighted by Crippen LogP contribution is 2.38. The Morgan fingerprint density at radius 2 is 1.75 bits per heavy atom. The number of benzene rings is 3. The average Bonchev–Trinajstić information content (AvgIpc) is 3.08. The number of ketones is 2. The van der Waals surface area contributed by atoms with Gasteiger partial charge in [-0.05, 0) is 55.0 Å². The fourth-order valence-corrected chi connectivity index (χ4v) is 4.03. The van der Waals surface area contributed by atoms with Crippen molar-refractivity contribution in [2.24, 2.45) is 0 Å². The van der Waals surface area contributed by atoms with Crippen LogP contribution in [0.5, 0.6) is 17.2 Å². The van der Waals surface area contributed by atoms with Crippen molar-refractivity contribution in [3.63, 3.8) is 0 Å². The summed E-state index contributed by atoms with van der Waals surface area (Å²) in [7, 11) is 1.57. The van der Waals surface area contributed by atoms with Gasteiger partial charge >= 0.3 is 0 Å². The van der Waals surface area contributed by atoms with Crippen molar-refractivity contribution >= 4 is 49.5 Å². The van der Waals surface area contributed by atoms with E-state index in [0.717, 1.165) is 8.95 Å². The van der Waals surface area contributed by atoms with Crippen LogP contribution in [-0.4, -0.2) is 25.3 Å². The fraction of sp³-hybridized carbons (Fsp3) is 0.120. The second kappa shape index (κ2) is 9.30. The second-order valence-electron chi connectivity index (χ2n) is 7.16. The van der Waals surface area contributed by atoms with Gasteiger partial charge in [-0.15, -0.1) is 0 Å². The van der Waals surface area contributed by atoms with Crippen LogP contribution >= 0.6 is 31.9 Å². The molecule has 0 N–H and O–H groups in total. The lowest BCUT2D eigenvalue weighted by molar-refractivity contribution is 0.0920. The van der Waals surface area contributed by atoms with E-state index in [4.69, 9.17) is 14.2 Å². The van der Waals surface area contributed by atoms with Crippen molar-refractivity contribution in [3.05, 3.63) is 91.6 Å². The molecular weight excluding hydrogens is 540 g/mol. The highest BCUT2D eigenvalue weighted by molar-refractivity contribution is 9.10. The van der Waals surface area contributed by atoms with Crippen LogP contribution in [0.3, 0.4) is 0 Å². The number of hydrogen-bond donors (Lipinski definition) is 0. The first-order valence-corrected chi connectivity index (χ1v) is 11.3. The van der Waals surface area contributed by atoms with Crippen molar-refractivity contribution < 1.29 is 23.8 Å². The van der Waals surface area contributed by atoms with Gasteiger partial charge in [-0.25, -0.2) is 0 Å². The van der Waals surface area contributed by atoms with Crippen molar-refractivity contribution in [1.29, 1.82) is 0 Å². The van der Waals surface area contributed by atoms with Gasteiger partial charge in [0.25, 0.3) is 0 Å². The molecule has 4 rings (SSSR count). The summed E-state index contributed by atoms with van der Waals surface area (Å²) in [5.74, 6) is 1.33. The molecule has 0 aliphatic carbocycles. The highest BCUT2D eigenvalue weighted by atomic mass is 79.9. The lowest BCUT2D eigenvalue weighted by atomic mass is 10.0. The summed E-state index contributed by atoms with van der Waals surface area (Å²) >= 11 is 6.78. The number of Topliss-reactive ketones (excluding diaryl/α,β-unsaturated/α-hetero) is 2. The number of carbonyl (C=O) groups excluding carboxylic acids is 2. The minimum Gasteiger partial charge on any atom is -0.496 e. The van der Waals surface area contributed by atoms with Crippen LogP contribution in [0.2, 0.25) is 0 Å². The van der Waals surface area contributed by atoms with Crippen LogP contribution in [0.4, 0.5) is 0 Å². The molecule has 7 heteroatoms. The zero-order valence-electron chi connectivity index (χ0n) is 17.3. The lowest BCUT2D eigenvalue weighted by Crippen LogP contribution is -2.11. The predicted molar refractivity (Wildman–Crippen MR) is 129 cm³/mol. The van der Waals surface area contributed by atoms with Gasteiger partial charge < -0.3 is 14.2 Å². The summed E-state index contributed by atoms with van der Waals surface area (Å²) in [4.78, 5) is 25.3. The molecule has 3 aromatic carbocycles. The SMILES string of the molecule is COc1ccc(Br)cc1/C=C1\Oc2cc(OCC(=O)c3ccc(Br)cc3)cc(C)c2C1=O. The molecule has 1 heterocycles. The third-order valence-electron chi connectivity index (χ3n) is 4.96. The van der Waals surface area contributed by atoms with Crippen molar-refractivity contribution in [2.75, 3.05) is 13.7 Å². The topological polar surface area (TPSA) is 61.8 Å². The van der Waals surface area contributed by atoms with Gasteiger partial charge in [-0.2, -0.15) is 0 Å². The maximum Gasteiger partial charge on any atom is 0.232 e. The third kappa shape index (κ3) is 4.64. The minimum atomic E-state index is -0.211. The van der Waals surface area contributed by atoms with E-state index in [1.54, 1.807) is 49.6 Å². The van der Waals surface area contributed by atoms with E-state index in [9.17, 15) is 9.59 Å². The number of allylic oxidation sites excluding steroid dienone is 1. The molecule has 0 radical (unpaired) electrons. The normalized spacial score (nSPS) is 13.6. The van der Waals surface area contributed by atoms with Crippen LogP contribution in [0.15, 0.2) is 69.3 Å². The molecule has 32 heavy (non-hydrogen) atoms. The maximum absolute atomic E-state index is 13.0. The number of ether oxygens (including phenoxy) is 3. The molecule has 0 amide bonds. The Hall–Kier alpha value is -2.90. The van der Waals surface area contributed by atoms with E-state index in [1.165, 1.54) is 0 Å². The van der Waals surface area contributed by atoms with Gasteiger partial charge in [0.1, 0.15) is 17.2 Å². The van der Waals surface area contributed by atoms with Crippen LogP contribution in [0.25, 0.3) is 6.08 Å². The predicted octanol–water partition coefficient (Wildman–Crippen LogP) is 6.41. The second-order valence-corrected chi connectivity index (χ2v) is 8.99. The molecule has 0 fully saturated rings. The first kappa shape index (κ1) is 22.3. The van der Waals surface area contributed by atoms with E-state index in [1.807, 2.05) is 25.1 Å². The summed E-state index contributed by atoms with van der Waals surface area (Å²) in [6.07, 6.45) is 1.66. The number of carbonyl (C=O) groups is 2. The Morgan fingerprint density at radius 3 is 2.47 bits per heavy atom. The summed E-state index contributed by atoms with van der Waals surface area (Å²) in [6.45, 7) is 1.69. The quantitative estimate of drug-likeness (QED) is 0.259. The van der Waals surface area contributed by atoms with Crippen molar-refractivity contribution in [3.8, 4) is 17.2 Å². The monoisotopic (exact) mass is 556 g/mol. The standard InChI is InChI=1S/C25H18Br2O5/c1-14-9-19(31-13-20(28)15-3-5-17(26)6-4-15)12-22-24(14)25(29)23(32-22)11-16-10-18(27)7-8-21(16)30-2/h3-12H,13H2,1-2H3/b23-11-. The zero-order chi connectivity index (χ0) is 22.8. The van der Waals surface area contributed by atoms with E-state index < -0.39 is 0 Å². The number of rotatable bonds is 6. The number of aryl methyl sites for hydroxylation is 1. The van der Waals surface area contributed by atoms with Crippen LogP contribution in [0, 0.1) is 6.92 Å². The van der Waals surface area contributed by atoms with Crippen LogP contribution in [0.1, 0.15) is 31.8 Å². The zero-order valence-corrected chi connectivity index (χ0v) is 20.4. The number of hydrogen-bond acceptors (Lipinski definition) is 5. The average molecular weight is 558 g/mol. The smallest absolute Gasteiger partial charge is 0.232 e. The molecule has 162 valence electrons. The highest BCUT2D eigenvalue weighted by Gasteiger charge is 2.30. The van der Waals surface area contributed by atoms with Gasteiger partial charge in [-0.3, -0.25) is 9.59 Å². The van der Waals surface area contributed by atoms with Gasteiger partial charge in [0.2, 0.25) is 5.78 Å². The molecule has 0 spiro atoms. The third-order valence-corrected chi connectivity index (χ3v) is 5.98. The van der Waals surface area contributed by atoms with E-state index in [0.29, 0.717) is 39.5 Å². The van der Waals surface area contributed by atoms with Gasteiger partial charge in [0.05, 0.1) is 12.7 Å². The molecule has 0 aromatic heterocycles. The largest absolute Gasteiger partial charge is 0.496 e. The fourth-order valence-electron chi connectivity index (χ4n) is 3.39. The molecule has 0 atom stereocenters. The number of halogens is 2. The summed E-state index contributed by atoms with van der Waals surface area (Å²) in [5, 5.41) is 0. The molecule has 1 aliphatic rings. The first-order chi connectivity index (χ1) is 15.4. The van der Waals surface area contributed by atoms with E-state index in [2.05, 4.69) is 31.9 Å². The van der Waals surface area contributed by atoms with E-state index in [-0.39, 0.29) is 23.9 Å². The first-order valence-electron chi connectivity index (χ1n) is 9.69. The number of methoxy groups -OCH3 is 1. The summed E-state index contributed by atoms with van der Waals surface area (Å²) in [6, 6.07) is 16.0. The lowest BCUT2D eigenvalue weighted by Gasteiger charge is -2.09. The van der Waals surface area contributed by atoms with E-state index >= 15 is 0 Å². The molecule has 0 saturated heterocycles. The Morgan fingerprint density at radius 1 is 1.03 bits per heavy atom. The Labute approximate surface area is 202 Å². The summed E-state index contributed by atoms with van der Waals surface area (Å²) < 4.78 is 18.7. The van der Waals surface area contributed by atoms with Crippen LogP contribution < -0.4 is 14.2 Å².